The van der Waals surface area contributed by atoms with Crippen LogP contribution in [0.25, 0.3) is 22.6 Å². The van der Waals surface area contributed by atoms with Crippen LogP contribution in [0, 0.1) is 23.7 Å². The topological polar surface area (TPSA) is 164 Å². The van der Waals surface area contributed by atoms with Gasteiger partial charge in [0.1, 0.15) is 22.8 Å². The first-order valence-corrected chi connectivity index (χ1v) is 21.0. The number of hydrogen-bond acceptors (Lipinski definition) is 11. The highest BCUT2D eigenvalue weighted by molar-refractivity contribution is 6.33. The van der Waals surface area contributed by atoms with E-state index in [1.807, 2.05) is 24.3 Å². The van der Waals surface area contributed by atoms with E-state index in [-0.39, 0.29) is 35.7 Å². The third-order valence-corrected chi connectivity index (χ3v) is 13.6. The van der Waals surface area contributed by atoms with Gasteiger partial charge in [-0.2, -0.15) is 18.2 Å². The van der Waals surface area contributed by atoms with Crippen LogP contribution in [0.3, 0.4) is 0 Å². The summed E-state index contributed by atoms with van der Waals surface area (Å²) in [7, 11) is 2.71. The fraction of sp³-hybridized carbons (Fsp3) is 0.234. The van der Waals surface area contributed by atoms with Crippen LogP contribution in [0.1, 0.15) is 35.4 Å². The molecule has 2 aliphatic carbocycles. The van der Waals surface area contributed by atoms with Crippen LogP contribution >= 0.6 is 23.2 Å². The number of phenolic OH excluding ortho intramolecular Hbond substituents is 1. The van der Waals surface area contributed by atoms with E-state index in [1.165, 1.54) is 26.4 Å². The Morgan fingerprint density at radius 1 is 0.877 bits per heavy atom. The number of phenols is 1. The zero-order valence-corrected chi connectivity index (χ0v) is 35.6. The lowest BCUT2D eigenvalue weighted by molar-refractivity contribution is -0.139. The standard InChI is InChI=1S/C47H34Cl2F3N5O8/c1-63-35-18-27(58)19-36(64-2)38(35)39-28-15-16-29-37(44(61)56(42(29)59)26-13-7-22(8-14-26)41-54-33-5-3-4-6-34(33)65-41)30(28)20-31-43(60)57(45(62)46(31,39)23-9-11-25(48)12-10-23)55-40-32(49)17-24(21-53-40)47(50,51)52/h3-15,17-19,21,29-31,37,39,58H,16,20H2,1-2H3,(H,53,55)/t29-,30+,31-,37-,39+,46+/m0/s1. The van der Waals surface area contributed by atoms with Crippen molar-refractivity contribution in [1.29, 1.82) is 0 Å². The predicted octanol–water partition coefficient (Wildman–Crippen LogP) is 9.13. The third kappa shape index (κ3) is 6.43. The van der Waals surface area contributed by atoms with Gasteiger partial charge in [-0.15, -0.1) is 0 Å². The van der Waals surface area contributed by atoms with Gasteiger partial charge in [-0.05, 0) is 78.9 Å². The second kappa shape index (κ2) is 15.4. The quantitative estimate of drug-likeness (QED) is 0.111. The summed E-state index contributed by atoms with van der Waals surface area (Å²) in [6, 6.07) is 23.6. The van der Waals surface area contributed by atoms with Crippen molar-refractivity contribution >= 4 is 69.4 Å². The largest absolute Gasteiger partial charge is 0.508 e. The van der Waals surface area contributed by atoms with Gasteiger partial charge in [-0.25, -0.2) is 9.97 Å². The fourth-order valence-electron chi connectivity index (χ4n) is 10.3. The van der Waals surface area contributed by atoms with Crippen LogP contribution in [-0.4, -0.2) is 57.9 Å². The molecule has 0 bridgehead atoms. The average Bonchev–Trinajstić information content (AvgIpc) is 3.91. The number of anilines is 2. The van der Waals surface area contributed by atoms with Crippen LogP contribution in [-0.2, 0) is 30.8 Å². The minimum atomic E-state index is -4.79. The molecule has 13 nitrogen and oxygen atoms in total. The van der Waals surface area contributed by atoms with Crippen LogP contribution in [0.5, 0.6) is 17.2 Å². The number of rotatable bonds is 8. The number of benzene rings is 4. The van der Waals surface area contributed by atoms with E-state index in [1.54, 1.807) is 54.6 Å². The second-order valence-electron chi connectivity index (χ2n) is 16.2. The molecule has 1 saturated carbocycles. The summed E-state index contributed by atoms with van der Waals surface area (Å²) in [5.41, 5.74) is 2.85. The van der Waals surface area contributed by atoms with Crippen molar-refractivity contribution in [3.63, 3.8) is 0 Å². The number of hydrogen-bond donors (Lipinski definition) is 2. The lowest BCUT2D eigenvalue weighted by Gasteiger charge is -2.51. The Kier molecular flexibility index (Phi) is 9.95. The summed E-state index contributed by atoms with van der Waals surface area (Å²) in [5, 5.41) is 11.3. The van der Waals surface area contributed by atoms with Crippen molar-refractivity contribution in [2.24, 2.45) is 23.7 Å². The van der Waals surface area contributed by atoms with Crippen molar-refractivity contribution in [2.45, 2.75) is 30.4 Å². The molecule has 0 unspecified atom stereocenters. The fourth-order valence-corrected chi connectivity index (χ4v) is 10.6. The highest BCUT2D eigenvalue weighted by Gasteiger charge is 2.71. The second-order valence-corrected chi connectivity index (χ2v) is 17.1. The highest BCUT2D eigenvalue weighted by atomic mass is 35.5. The Morgan fingerprint density at radius 3 is 2.22 bits per heavy atom. The Morgan fingerprint density at radius 2 is 1.57 bits per heavy atom. The number of methoxy groups -OCH3 is 2. The molecular weight excluding hydrogens is 890 g/mol. The molecule has 6 aromatic rings. The Labute approximate surface area is 377 Å². The molecule has 0 spiro atoms. The number of halogens is 5. The van der Waals surface area contributed by atoms with Crippen molar-refractivity contribution < 1.29 is 51.3 Å². The van der Waals surface area contributed by atoms with Crippen LogP contribution in [0.15, 0.2) is 113 Å². The van der Waals surface area contributed by atoms with Gasteiger partial charge >= 0.3 is 6.18 Å². The molecular formula is C47H34Cl2F3N5O8. The molecule has 4 amide bonds. The number of hydrazine groups is 1. The summed E-state index contributed by atoms with van der Waals surface area (Å²) >= 11 is 12.7. The number of carbonyl (C=O) groups is 4. The summed E-state index contributed by atoms with van der Waals surface area (Å²) in [5.74, 6) is -7.93. The lowest BCUT2D eigenvalue weighted by Crippen LogP contribution is -2.53. The van der Waals surface area contributed by atoms with Gasteiger partial charge in [0.2, 0.25) is 17.7 Å². The van der Waals surface area contributed by atoms with Gasteiger partial charge in [0.25, 0.3) is 11.8 Å². The van der Waals surface area contributed by atoms with E-state index in [9.17, 15) is 27.9 Å². The molecule has 10 rings (SSSR count). The van der Waals surface area contributed by atoms with E-state index >= 15 is 9.59 Å². The maximum atomic E-state index is 15.6. The number of alkyl halides is 3. The molecule has 2 N–H and O–H groups in total. The van der Waals surface area contributed by atoms with Gasteiger partial charge < -0.3 is 19.0 Å². The van der Waals surface area contributed by atoms with Gasteiger partial charge in [0, 0.05) is 40.4 Å². The van der Waals surface area contributed by atoms with Gasteiger partial charge in [-0.3, -0.25) is 29.5 Å². The van der Waals surface area contributed by atoms with E-state index < -0.39 is 81.2 Å². The first-order chi connectivity index (χ1) is 31.1. The smallest absolute Gasteiger partial charge is 0.417 e. The number of ether oxygens (including phenoxy) is 2. The normalized spacial score (nSPS) is 23.9. The third-order valence-electron chi connectivity index (χ3n) is 13.0. The molecule has 2 aliphatic heterocycles. The maximum Gasteiger partial charge on any atom is 0.417 e. The summed E-state index contributed by atoms with van der Waals surface area (Å²) in [6.07, 6.45) is -2.50. The van der Waals surface area contributed by atoms with Gasteiger partial charge in [0.05, 0.1) is 53.7 Å². The number of fused-ring (bicyclic) bond motifs is 5. The van der Waals surface area contributed by atoms with Crippen LogP contribution < -0.4 is 19.8 Å². The molecule has 4 heterocycles. The van der Waals surface area contributed by atoms with Crippen LogP contribution in [0.4, 0.5) is 24.7 Å². The number of nitrogens with zero attached hydrogens (tertiary/aromatic N) is 4. The number of aromatic hydroxyl groups is 1. The number of allylic oxidation sites excluding steroid dienone is 2. The molecule has 0 radical (unpaired) electrons. The molecule has 18 heteroatoms. The Hall–Kier alpha value is -6.91. The summed E-state index contributed by atoms with van der Waals surface area (Å²) in [4.78, 5) is 69.7. The molecule has 4 aliphatic rings. The van der Waals surface area contributed by atoms with Crippen LogP contribution in [0.2, 0.25) is 10.0 Å². The SMILES string of the molecule is COc1cc(O)cc(OC)c1[C@H]1C2=CC[C@@H]3C(=O)N(c4ccc(-c5nc6ccccc6o5)cc4)C(=O)[C@@H]3[C@@H]2C[C@H]2C(=O)N(Nc3ncc(C(F)(F)F)cc3Cl)C(=O)[C@@]12c1ccc(Cl)cc1. The molecule has 4 aromatic carbocycles. The van der Waals surface area contributed by atoms with Gasteiger partial charge in [-0.1, -0.05) is 59.1 Å². The number of nitrogens with one attached hydrogen (secondary N) is 1. The highest BCUT2D eigenvalue weighted by Crippen LogP contribution is 2.66. The number of imide groups is 2. The van der Waals surface area contributed by atoms with Crippen molar-refractivity contribution in [2.75, 3.05) is 24.5 Å². The molecule has 330 valence electrons. The monoisotopic (exact) mass is 923 g/mol. The molecule has 2 aromatic heterocycles. The first-order valence-electron chi connectivity index (χ1n) is 20.3. The number of carbonyl (C=O) groups excluding carboxylic acids is 4. The lowest BCUT2D eigenvalue weighted by atomic mass is 9.49. The number of oxazole rings is 1. The summed E-state index contributed by atoms with van der Waals surface area (Å²) in [6.45, 7) is 0. The Balaban J connectivity index is 1.11. The van der Waals surface area contributed by atoms with E-state index in [4.69, 9.17) is 37.1 Å². The zero-order valence-electron chi connectivity index (χ0n) is 34.1. The van der Waals surface area contributed by atoms with Crippen molar-refractivity contribution in [3.05, 3.63) is 136 Å². The predicted molar refractivity (Wildman–Crippen MR) is 230 cm³/mol. The number of amides is 4. The van der Waals surface area contributed by atoms with E-state index in [0.29, 0.717) is 61.7 Å². The Bertz CT molecular complexity index is 2960. The molecule has 3 fully saturated rings. The van der Waals surface area contributed by atoms with E-state index in [2.05, 4.69) is 15.4 Å². The van der Waals surface area contributed by atoms with Crippen molar-refractivity contribution in [3.8, 4) is 28.7 Å². The average molecular weight is 925 g/mol. The number of aromatic nitrogens is 2. The first kappa shape index (κ1) is 42.1. The zero-order chi connectivity index (χ0) is 45.7. The molecule has 65 heavy (non-hydrogen) atoms. The minimum Gasteiger partial charge on any atom is -0.508 e. The number of pyridine rings is 1. The number of para-hydroxylation sites is 2. The summed E-state index contributed by atoms with van der Waals surface area (Å²) < 4.78 is 58.6. The minimum absolute atomic E-state index is 0.0777. The molecule has 2 saturated heterocycles. The van der Waals surface area contributed by atoms with Crippen molar-refractivity contribution in [1.82, 2.24) is 15.0 Å². The maximum absolute atomic E-state index is 15.6. The molecule has 6 atom stereocenters. The van der Waals surface area contributed by atoms with E-state index in [0.717, 1.165) is 4.90 Å². The van der Waals surface area contributed by atoms with Gasteiger partial charge in [0.15, 0.2) is 11.4 Å².